The van der Waals surface area contributed by atoms with Gasteiger partial charge >= 0.3 is 6.03 Å². The van der Waals surface area contributed by atoms with Gasteiger partial charge in [-0.1, -0.05) is 25.3 Å². The largest absolute Gasteiger partial charge is 0.349 e. The number of aromatic nitrogens is 1. The second kappa shape index (κ2) is 9.38. The van der Waals surface area contributed by atoms with Crippen molar-refractivity contribution >= 4 is 29.2 Å². The van der Waals surface area contributed by atoms with E-state index in [1.165, 1.54) is 4.90 Å². The molecule has 2 aromatic heterocycles. The van der Waals surface area contributed by atoms with Crippen molar-refractivity contribution in [3.05, 3.63) is 52.5 Å². The number of amides is 4. The maximum Gasteiger partial charge on any atom is 0.325 e. The number of nitrogens with zero attached hydrogens (tertiary/aromatic N) is 2. The van der Waals surface area contributed by atoms with Crippen LogP contribution in [0.1, 0.15) is 55.7 Å². The molecular formula is C22H26N4O3S. The Morgan fingerprint density at radius 1 is 1.27 bits per heavy atom. The van der Waals surface area contributed by atoms with E-state index < -0.39 is 6.04 Å². The lowest BCUT2D eigenvalue weighted by Crippen LogP contribution is -2.42. The molecule has 0 unspecified atom stereocenters. The zero-order chi connectivity index (χ0) is 20.9. The first-order valence-electron chi connectivity index (χ1n) is 10.5. The third-order valence-corrected chi connectivity index (χ3v) is 6.56. The number of rotatable bonds is 7. The minimum atomic E-state index is -0.796. The summed E-state index contributed by atoms with van der Waals surface area (Å²) in [5.41, 5.74) is 2.03. The van der Waals surface area contributed by atoms with Crippen LogP contribution in [0.2, 0.25) is 0 Å². The molecule has 2 fully saturated rings. The van der Waals surface area contributed by atoms with E-state index in [1.54, 1.807) is 23.7 Å². The summed E-state index contributed by atoms with van der Waals surface area (Å²) in [5.74, 6) is -0.541. The summed E-state index contributed by atoms with van der Waals surface area (Å²) >= 11 is 1.61. The number of nitrogens with one attached hydrogen (secondary N) is 2. The third-order valence-electron chi connectivity index (χ3n) is 5.82. The van der Waals surface area contributed by atoms with Crippen molar-refractivity contribution in [3.8, 4) is 0 Å². The molecule has 8 heteroatoms. The molecule has 1 saturated heterocycles. The van der Waals surface area contributed by atoms with E-state index in [1.807, 2.05) is 23.6 Å². The fraction of sp³-hybridized carbons (Fsp3) is 0.455. The first kappa shape index (κ1) is 20.5. The van der Waals surface area contributed by atoms with E-state index in [2.05, 4.69) is 21.0 Å². The van der Waals surface area contributed by atoms with Crippen LogP contribution in [0.3, 0.4) is 0 Å². The minimum Gasteiger partial charge on any atom is -0.349 e. The van der Waals surface area contributed by atoms with Crippen LogP contribution < -0.4 is 10.6 Å². The lowest BCUT2D eigenvalue weighted by molar-refractivity contribution is -0.132. The zero-order valence-corrected chi connectivity index (χ0v) is 17.6. The van der Waals surface area contributed by atoms with Gasteiger partial charge in [-0.05, 0) is 53.3 Å². The van der Waals surface area contributed by atoms with Gasteiger partial charge in [-0.25, -0.2) is 4.79 Å². The van der Waals surface area contributed by atoms with Crippen LogP contribution in [0.15, 0.2) is 41.4 Å². The Bertz CT molecular complexity index is 881. The molecule has 1 aliphatic carbocycles. The van der Waals surface area contributed by atoms with Crippen LogP contribution in [0, 0.1) is 0 Å². The average molecular weight is 427 g/mol. The van der Waals surface area contributed by atoms with Crippen LogP contribution in [0.5, 0.6) is 0 Å². The van der Waals surface area contributed by atoms with Gasteiger partial charge in [-0.3, -0.25) is 19.5 Å². The maximum atomic E-state index is 12.8. The summed E-state index contributed by atoms with van der Waals surface area (Å²) in [5, 5.41) is 9.80. The fourth-order valence-electron chi connectivity index (χ4n) is 4.29. The highest BCUT2D eigenvalue weighted by Crippen LogP contribution is 2.26. The molecule has 7 nitrogen and oxygen atoms in total. The Labute approximate surface area is 179 Å². The zero-order valence-electron chi connectivity index (χ0n) is 16.8. The van der Waals surface area contributed by atoms with Gasteiger partial charge in [0.25, 0.3) is 5.91 Å². The van der Waals surface area contributed by atoms with Gasteiger partial charge < -0.3 is 10.6 Å². The van der Waals surface area contributed by atoms with Gasteiger partial charge in [-0.2, -0.15) is 11.3 Å². The average Bonchev–Trinajstić information content (AvgIpc) is 3.36. The summed E-state index contributed by atoms with van der Waals surface area (Å²) in [7, 11) is 0. The van der Waals surface area contributed by atoms with Gasteiger partial charge in [0, 0.05) is 18.4 Å². The van der Waals surface area contributed by atoms with Gasteiger partial charge in [0.15, 0.2) is 0 Å². The van der Waals surface area contributed by atoms with Crippen molar-refractivity contribution in [1.82, 2.24) is 20.5 Å². The Morgan fingerprint density at radius 2 is 2.10 bits per heavy atom. The molecule has 2 N–H and O–H groups in total. The molecule has 0 spiro atoms. The first-order chi connectivity index (χ1) is 14.6. The molecule has 30 heavy (non-hydrogen) atoms. The molecule has 1 saturated carbocycles. The molecule has 4 amide bonds. The smallest absolute Gasteiger partial charge is 0.325 e. The van der Waals surface area contributed by atoms with Gasteiger partial charge in [0.2, 0.25) is 5.91 Å². The predicted molar refractivity (Wildman–Crippen MR) is 114 cm³/mol. The van der Waals surface area contributed by atoms with Gasteiger partial charge in [-0.15, -0.1) is 0 Å². The Balaban J connectivity index is 1.40. The van der Waals surface area contributed by atoms with Crippen LogP contribution >= 0.6 is 11.3 Å². The Hall–Kier alpha value is -2.74. The lowest BCUT2D eigenvalue weighted by atomic mass is 9.94. The SMILES string of the molecule is O=C(C[C@@H]1NC(=O)N(C2CCCCC2)C1=O)N[C@@H](Cc1ccsc1)c1cccnc1. The highest BCUT2D eigenvalue weighted by molar-refractivity contribution is 7.07. The summed E-state index contributed by atoms with van der Waals surface area (Å²) in [6.07, 6.45) is 8.92. The molecule has 4 rings (SSSR count). The minimum absolute atomic E-state index is 0.0407. The Morgan fingerprint density at radius 3 is 2.80 bits per heavy atom. The van der Waals surface area contributed by atoms with Gasteiger partial charge in [0.1, 0.15) is 6.04 Å². The van der Waals surface area contributed by atoms with Crippen molar-refractivity contribution in [2.24, 2.45) is 0 Å². The van der Waals surface area contributed by atoms with Crippen LogP contribution in [-0.2, 0) is 16.0 Å². The number of thiophene rings is 1. The summed E-state index contributed by atoms with van der Waals surface area (Å²) in [6, 6.07) is 4.34. The van der Waals surface area contributed by atoms with E-state index in [0.717, 1.165) is 43.2 Å². The van der Waals surface area contributed by atoms with Crippen LogP contribution in [-0.4, -0.2) is 39.8 Å². The second-order valence-corrected chi connectivity index (χ2v) is 8.73. The van der Waals surface area contributed by atoms with Crippen molar-refractivity contribution in [2.75, 3.05) is 0 Å². The molecular weight excluding hydrogens is 400 g/mol. The van der Waals surface area contributed by atoms with E-state index in [9.17, 15) is 14.4 Å². The normalized spacial score (nSPS) is 20.8. The van der Waals surface area contributed by atoms with Gasteiger partial charge in [0.05, 0.1) is 12.5 Å². The summed E-state index contributed by atoms with van der Waals surface area (Å²) < 4.78 is 0. The lowest BCUT2D eigenvalue weighted by Gasteiger charge is -2.28. The number of carbonyl (C=O) groups is 3. The molecule has 1 aliphatic heterocycles. The van der Waals surface area contributed by atoms with Crippen LogP contribution in [0.25, 0.3) is 0 Å². The number of imide groups is 1. The van der Waals surface area contributed by atoms with E-state index in [-0.39, 0.29) is 36.3 Å². The number of urea groups is 1. The topological polar surface area (TPSA) is 91.4 Å². The molecule has 2 aromatic rings. The number of hydrogen-bond donors (Lipinski definition) is 2. The number of carbonyl (C=O) groups excluding carboxylic acids is 3. The standard InChI is InChI=1S/C22H26N4O3S/c27-20(12-19-21(28)26(22(29)25-19)17-6-2-1-3-7-17)24-18(11-15-8-10-30-14-15)16-5-4-9-23-13-16/h4-5,8-10,13-14,17-19H,1-3,6-7,11-12H2,(H,24,27)(H,25,29)/t18-,19-/m0/s1. The molecule has 0 radical (unpaired) electrons. The van der Waals surface area contributed by atoms with Crippen molar-refractivity contribution in [1.29, 1.82) is 0 Å². The van der Waals surface area contributed by atoms with Crippen LogP contribution in [0.4, 0.5) is 4.79 Å². The molecule has 3 heterocycles. The van der Waals surface area contributed by atoms with E-state index in [4.69, 9.17) is 0 Å². The Kier molecular flexibility index (Phi) is 6.42. The number of hydrogen-bond acceptors (Lipinski definition) is 5. The van der Waals surface area contributed by atoms with Crippen molar-refractivity contribution < 1.29 is 14.4 Å². The van der Waals surface area contributed by atoms with Crippen molar-refractivity contribution in [2.45, 2.75) is 63.1 Å². The van der Waals surface area contributed by atoms with Crippen molar-refractivity contribution in [3.63, 3.8) is 0 Å². The maximum absolute atomic E-state index is 12.8. The molecule has 2 aliphatic rings. The predicted octanol–water partition coefficient (Wildman–Crippen LogP) is 3.19. The highest BCUT2D eigenvalue weighted by Gasteiger charge is 2.43. The first-order valence-corrected chi connectivity index (χ1v) is 11.4. The highest BCUT2D eigenvalue weighted by atomic mass is 32.1. The quantitative estimate of drug-likeness (QED) is 0.665. The summed E-state index contributed by atoms with van der Waals surface area (Å²) in [6.45, 7) is 0. The van der Waals surface area contributed by atoms with E-state index in [0.29, 0.717) is 6.42 Å². The monoisotopic (exact) mass is 426 g/mol. The summed E-state index contributed by atoms with van der Waals surface area (Å²) in [4.78, 5) is 43.5. The fourth-order valence-corrected chi connectivity index (χ4v) is 4.97. The molecule has 0 aromatic carbocycles. The molecule has 2 atom stereocenters. The molecule has 0 bridgehead atoms. The second-order valence-electron chi connectivity index (χ2n) is 7.95. The number of pyridine rings is 1. The molecule has 158 valence electrons. The van der Waals surface area contributed by atoms with E-state index >= 15 is 0 Å². The third kappa shape index (κ3) is 4.70.